The number of carbonyl (C=O) groups excluding carboxylic acids is 1. The average molecular weight is 555 g/mol. The summed E-state index contributed by atoms with van der Waals surface area (Å²) in [6.07, 6.45) is -0.358. The number of nitrogens with two attached hydrogens (primary N) is 1. The number of nitrogens with zero attached hydrogens (tertiary/aromatic N) is 6. The SMILES string of the molecule is C=Nc1ncc(-c2cc(N3CCOCC3)ccc2C(F)(F)F)nc1C(=O)Nc1ncccc1N1CCC(N)CC1. The first-order chi connectivity index (χ1) is 19.2. The average Bonchev–Trinajstić information content (AvgIpc) is 2.97. The summed E-state index contributed by atoms with van der Waals surface area (Å²) in [7, 11) is 0. The number of halogens is 3. The van der Waals surface area contributed by atoms with E-state index in [1.807, 2.05) is 11.0 Å². The zero-order chi connectivity index (χ0) is 28.3. The fourth-order valence-corrected chi connectivity index (χ4v) is 4.85. The Balaban J connectivity index is 1.50. The van der Waals surface area contributed by atoms with E-state index >= 15 is 0 Å². The molecule has 0 spiro atoms. The highest BCUT2D eigenvalue weighted by molar-refractivity contribution is 6.07. The number of anilines is 3. The van der Waals surface area contributed by atoms with Gasteiger partial charge in [-0.15, -0.1) is 0 Å². The van der Waals surface area contributed by atoms with Crippen LogP contribution in [0, 0.1) is 0 Å². The van der Waals surface area contributed by atoms with Gasteiger partial charge in [0, 0.05) is 49.7 Å². The van der Waals surface area contributed by atoms with E-state index in [0.29, 0.717) is 50.8 Å². The number of aliphatic imine (C=N–C) groups is 1. The lowest BCUT2D eigenvalue weighted by Gasteiger charge is -2.32. The standard InChI is InChI=1S/C27H29F3N8O2/c1-32-25-23(26(39)36-24-22(3-2-8-33-24)38-9-6-17(31)7-10-38)35-21(16-34-25)19-15-18(37-11-13-40-14-12-37)4-5-20(19)27(28,29)30/h2-5,8,15-17H,1,6-7,9-14,31H2,(H,33,36,39). The number of aromatic nitrogens is 3. The molecule has 2 saturated heterocycles. The number of morpholine rings is 1. The summed E-state index contributed by atoms with van der Waals surface area (Å²) in [6, 6.07) is 7.57. The van der Waals surface area contributed by atoms with Crippen molar-refractivity contribution in [2.45, 2.75) is 25.1 Å². The van der Waals surface area contributed by atoms with Gasteiger partial charge in [-0.3, -0.25) is 4.79 Å². The van der Waals surface area contributed by atoms with E-state index in [4.69, 9.17) is 10.5 Å². The molecule has 1 amide bonds. The van der Waals surface area contributed by atoms with Crippen molar-refractivity contribution in [3.63, 3.8) is 0 Å². The van der Waals surface area contributed by atoms with Crippen molar-refractivity contribution < 1.29 is 22.7 Å². The normalized spacial score (nSPS) is 16.6. The van der Waals surface area contributed by atoms with Crippen LogP contribution in [-0.4, -0.2) is 73.0 Å². The summed E-state index contributed by atoms with van der Waals surface area (Å²) in [6.45, 7) is 6.87. The number of amides is 1. The molecule has 0 bridgehead atoms. The van der Waals surface area contributed by atoms with Crippen LogP contribution in [-0.2, 0) is 10.9 Å². The van der Waals surface area contributed by atoms with Crippen LogP contribution in [0.25, 0.3) is 11.3 Å². The van der Waals surface area contributed by atoms with Gasteiger partial charge in [-0.25, -0.2) is 19.9 Å². The second-order valence-corrected chi connectivity index (χ2v) is 9.56. The van der Waals surface area contributed by atoms with Crippen LogP contribution in [0.2, 0.25) is 0 Å². The summed E-state index contributed by atoms with van der Waals surface area (Å²) < 4.78 is 47.5. The first-order valence-corrected chi connectivity index (χ1v) is 12.9. The number of alkyl halides is 3. The Morgan fingerprint density at radius 3 is 2.55 bits per heavy atom. The van der Waals surface area contributed by atoms with Gasteiger partial charge in [0.25, 0.3) is 5.91 Å². The predicted octanol–water partition coefficient (Wildman–Crippen LogP) is 3.91. The van der Waals surface area contributed by atoms with E-state index in [0.717, 1.165) is 25.1 Å². The Kier molecular flexibility index (Phi) is 7.94. The van der Waals surface area contributed by atoms with Crippen molar-refractivity contribution in [3.8, 4) is 11.3 Å². The van der Waals surface area contributed by atoms with Crippen LogP contribution >= 0.6 is 0 Å². The molecule has 0 aliphatic carbocycles. The van der Waals surface area contributed by atoms with E-state index in [-0.39, 0.29) is 34.6 Å². The van der Waals surface area contributed by atoms with Crippen molar-refractivity contribution in [2.24, 2.45) is 10.7 Å². The molecule has 1 aromatic carbocycles. The maximum Gasteiger partial charge on any atom is 0.417 e. The molecule has 2 aromatic heterocycles. The number of piperidine rings is 1. The second kappa shape index (κ2) is 11.6. The van der Waals surface area contributed by atoms with Crippen molar-refractivity contribution in [3.05, 3.63) is 54.0 Å². The van der Waals surface area contributed by atoms with E-state index in [1.54, 1.807) is 6.07 Å². The minimum atomic E-state index is -4.65. The molecule has 2 aliphatic rings. The Labute approximate surface area is 229 Å². The van der Waals surface area contributed by atoms with Gasteiger partial charge in [-0.05, 0) is 49.9 Å². The van der Waals surface area contributed by atoms with Crippen LogP contribution in [0.5, 0.6) is 0 Å². The van der Waals surface area contributed by atoms with Crippen molar-refractivity contribution in [1.29, 1.82) is 0 Å². The number of hydrogen-bond acceptors (Lipinski definition) is 9. The van der Waals surface area contributed by atoms with Gasteiger partial charge in [-0.2, -0.15) is 13.2 Å². The van der Waals surface area contributed by atoms with Gasteiger partial charge in [0.2, 0.25) is 0 Å². The van der Waals surface area contributed by atoms with Crippen LogP contribution < -0.4 is 20.9 Å². The molecular formula is C27H29F3N8O2. The molecular weight excluding hydrogens is 525 g/mol. The molecule has 210 valence electrons. The molecule has 2 aliphatic heterocycles. The van der Waals surface area contributed by atoms with E-state index < -0.39 is 17.6 Å². The van der Waals surface area contributed by atoms with Gasteiger partial charge in [0.15, 0.2) is 17.3 Å². The largest absolute Gasteiger partial charge is 0.417 e. The summed E-state index contributed by atoms with van der Waals surface area (Å²) in [5, 5.41) is 2.74. The zero-order valence-electron chi connectivity index (χ0n) is 21.7. The molecule has 3 aromatic rings. The number of benzene rings is 1. The quantitative estimate of drug-likeness (QED) is 0.440. The fraction of sp³-hybridized carbons (Fsp3) is 0.370. The monoisotopic (exact) mass is 554 g/mol. The minimum absolute atomic E-state index is 0.111. The highest BCUT2D eigenvalue weighted by atomic mass is 19.4. The molecule has 4 heterocycles. The number of carbonyl (C=O) groups is 1. The third-order valence-corrected chi connectivity index (χ3v) is 6.98. The number of nitrogens with one attached hydrogen (secondary N) is 1. The van der Waals surface area contributed by atoms with Crippen molar-refractivity contribution >= 4 is 35.6 Å². The number of ether oxygens (including phenoxy) is 1. The lowest BCUT2D eigenvalue weighted by molar-refractivity contribution is -0.137. The molecule has 10 nitrogen and oxygen atoms in total. The fourth-order valence-electron chi connectivity index (χ4n) is 4.85. The molecule has 13 heteroatoms. The first kappa shape index (κ1) is 27.5. The summed E-state index contributed by atoms with van der Waals surface area (Å²) in [5.74, 6) is -0.542. The maximum atomic E-state index is 14.0. The van der Waals surface area contributed by atoms with Gasteiger partial charge in [0.1, 0.15) is 0 Å². The summed E-state index contributed by atoms with van der Waals surface area (Å²) >= 11 is 0. The highest BCUT2D eigenvalue weighted by Gasteiger charge is 2.35. The predicted molar refractivity (Wildman–Crippen MR) is 146 cm³/mol. The van der Waals surface area contributed by atoms with Crippen molar-refractivity contribution in [1.82, 2.24) is 15.0 Å². The second-order valence-electron chi connectivity index (χ2n) is 9.56. The number of rotatable bonds is 6. The Bertz CT molecular complexity index is 1390. The van der Waals surface area contributed by atoms with Crippen molar-refractivity contribution in [2.75, 3.05) is 54.5 Å². The molecule has 0 atom stereocenters. The van der Waals surface area contributed by atoms with Gasteiger partial charge < -0.3 is 25.6 Å². The van der Waals surface area contributed by atoms with Gasteiger partial charge >= 0.3 is 6.18 Å². The smallest absolute Gasteiger partial charge is 0.378 e. The molecule has 3 N–H and O–H groups in total. The van der Waals surface area contributed by atoms with E-state index in [1.165, 1.54) is 18.3 Å². The third-order valence-electron chi connectivity index (χ3n) is 6.98. The van der Waals surface area contributed by atoms with E-state index in [2.05, 4.69) is 36.9 Å². The van der Waals surface area contributed by atoms with Crippen LogP contribution in [0.3, 0.4) is 0 Å². The topological polar surface area (TPSA) is 122 Å². The molecule has 0 saturated carbocycles. The van der Waals surface area contributed by atoms with Crippen LogP contribution in [0.4, 0.5) is 36.2 Å². The van der Waals surface area contributed by atoms with Crippen LogP contribution in [0.15, 0.2) is 47.7 Å². The van der Waals surface area contributed by atoms with Gasteiger partial charge in [-0.1, -0.05) is 0 Å². The Morgan fingerprint density at radius 2 is 1.85 bits per heavy atom. The van der Waals surface area contributed by atoms with E-state index in [9.17, 15) is 18.0 Å². The Hall–Kier alpha value is -4.10. The lowest BCUT2D eigenvalue weighted by atomic mass is 10.0. The molecule has 2 fully saturated rings. The highest BCUT2D eigenvalue weighted by Crippen LogP contribution is 2.39. The lowest BCUT2D eigenvalue weighted by Crippen LogP contribution is -2.40. The Morgan fingerprint density at radius 1 is 1.10 bits per heavy atom. The number of pyridine rings is 1. The van der Waals surface area contributed by atoms with Crippen LogP contribution in [0.1, 0.15) is 28.9 Å². The molecule has 0 unspecified atom stereocenters. The summed E-state index contributed by atoms with van der Waals surface area (Å²) in [4.78, 5) is 34.0. The molecule has 40 heavy (non-hydrogen) atoms. The molecule has 5 rings (SSSR count). The molecule has 0 radical (unpaired) electrons. The third kappa shape index (κ3) is 5.89. The number of hydrogen-bond donors (Lipinski definition) is 2. The summed E-state index contributed by atoms with van der Waals surface area (Å²) in [5.41, 5.74) is 5.85. The first-order valence-electron chi connectivity index (χ1n) is 12.9. The maximum absolute atomic E-state index is 14.0. The zero-order valence-corrected chi connectivity index (χ0v) is 21.7. The minimum Gasteiger partial charge on any atom is -0.378 e. The van der Waals surface area contributed by atoms with Gasteiger partial charge in [0.05, 0.1) is 36.4 Å².